The minimum absolute atomic E-state index is 0.0294. The quantitative estimate of drug-likeness (QED) is 0.0211. The Balaban J connectivity index is 4.41. The lowest BCUT2D eigenvalue weighted by Gasteiger charge is -2.28. The van der Waals surface area contributed by atoms with Crippen molar-refractivity contribution in [2.24, 2.45) is 0 Å². The molecule has 0 radical (unpaired) electrons. The van der Waals surface area contributed by atoms with Crippen LogP contribution in [0.25, 0.3) is 0 Å². The van der Waals surface area contributed by atoms with E-state index in [0.717, 1.165) is 57.8 Å². The fraction of sp³-hybridized carbons (Fsp3) is 0.895. The van der Waals surface area contributed by atoms with E-state index in [1.165, 1.54) is 77.0 Å². The van der Waals surface area contributed by atoms with Gasteiger partial charge < -0.3 is 27.9 Å². The minimum atomic E-state index is -4.61. The van der Waals surface area contributed by atoms with Crippen LogP contribution in [-0.2, 0) is 32.7 Å². The van der Waals surface area contributed by atoms with Gasteiger partial charge in [0.05, 0.1) is 27.7 Å². The molecule has 0 rings (SSSR count). The molecule has 0 bridgehead atoms. The first-order valence-corrected chi connectivity index (χ1v) is 20.9. The Kier molecular flexibility index (Phi) is 30.9. The van der Waals surface area contributed by atoms with Gasteiger partial charge >= 0.3 is 11.9 Å². The van der Waals surface area contributed by atoms with Gasteiger partial charge in [0.15, 0.2) is 6.10 Å². The number of unbranched alkanes of at least 4 members (excludes halogenated alkanes) is 19. The topological polar surface area (TPSA) is 111 Å². The summed E-state index contributed by atoms with van der Waals surface area (Å²) >= 11 is 0. The van der Waals surface area contributed by atoms with E-state index < -0.39 is 32.5 Å². The van der Waals surface area contributed by atoms with Crippen molar-refractivity contribution < 1.29 is 42.1 Å². The molecule has 48 heavy (non-hydrogen) atoms. The number of hydrogen-bond acceptors (Lipinski definition) is 8. The molecule has 0 heterocycles. The molecule has 0 aliphatic rings. The zero-order valence-corrected chi connectivity index (χ0v) is 32.6. The summed E-state index contributed by atoms with van der Waals surface area (Å²) in [6.45, 7) is 4.18. The first-order chi connectivity index (χ1) is 23.0. The molecule has 10 heteroatoms. The van der Waals surface area contributed by atoms with Crippen molar-refractivity contribution >= 4 is 19.8 Å². The fourth-order valence-electron chi connectivity index (χ4n) is 5.18. The Labute approximate surface area is 295 Å². The van der Waals surface area contributed by atoms with Gasteiger partial charge in [-0.05, 0) is 38.5 Å². The van der Waals surface area contributed by atoms with Crippen molar-refractivity contribution in [3.8, 4) is 0 Å². The van der Waals surface area contributed by atoms with Gasteiger partial charge in [-0.3, -0.25) is 14.2 Å². The molecule has 0 saturated heterocycles. The largest absolute Gasteiger partial charge is 0.756 e. The molecule has 0 spiro atoms. The molecule has 0 aliphatic carbocycles. The number of carbonyl (C=O) groups excluding carboxylic acids is 2. The van der Waals surface area contributed by atoms with Gasteiger partial charge in [0, 0.05) is 12.8 Å². The van der Waals surface area contributed by atoms with Crippen LogP contribution in [0.3, 0.4) is 0 Å². The van der Waals surface area contributed by atoms with Crippen molar-refractivity contribution in [1.29, 1.82) is 0 Å². The molecule has 2 atom stereocenters. The SMILES string of the molecule is CCCCCCC/C=C\CCCCCCCC(=O)OC[C@H](COP(=O)([O-])OCC[N+](C)(C)C)OC(=O)CCCCCCCCCCCC. The molecule has 1 unspecified atom stereocenters. The second kappa shape index (κ2) is 31.7. The molecular weight excluding hydrogens is 629 g/mol. The number of hydrogen-bond donors (Lipinski definition) is 0. The highest BCUT2D eigenvalue weighted by Gasteiger charge is 2.21. The molecule has 0 aromatic carbocycles. The Morgan fingerprint density at radius 1 is 0.625 bits per heavy atom. The third-order valence-corrected chi connectivity index (χ3v) is 9.25. The Bertz CT molecular complexity index is 845. The van der Waals surface area contributed by atoms with Gasteiger partial charge in [-0.15, -0.1) is 0 Å². The fourth-order valence-corrected chi connectivity index (χ4v) is 5.91. The van der Waals surface area contributed by atoms with Crippen molar-refractivity contribution in [3.63, 3.8) is 0 Å². The molecule has 0 saturated carbocycles. The Morgan fingerprint density at radius 2 is 1.06 bits per heavy atom. The van der Waals surface area contributed by atoms with Crippen LogP contribution in [0.5, 0.6) is 0 Å². The molecule has 9 nitrogen and oxygen atoms in total. The lowest BCUT2D eigenvalue weighted by Crippen LogP contribution is -2.37. The molecule has 284 valence electrons. The van der Waals surface area contributed by atoms with Crippen molar-refractivity contribution in [2.75, 3.05) is 47.5 Å². The summed E-state index contributed by atoms with van der Waals surface area (Å²) in [7, 11) is 1.17. The minimum Gasteiger partial charge on any atom is -0.756 e. The summed E-state index contributed by atoms with van der Waals surface area (Å²) in [5.41, 5.74) is 0. The second-order valence-electron chi connectivity index (χ2n) is 14.3. The van der Waals surface area contributed by atoms with Crippen LogP contribution >= 0.6 is 7.82 Å². The van der Waals surface area contributed by atoms with E-state index in [-0.39, 0.29) is 26.1 Å². The summed E-state index contributed by atoms with van der Waals surface area (Å²) in [6.07, 6.45) is 29.5. The van der Waals surface area contributed by atoms with Crippen LogP contribution in [0, 0.1) is 0 Å². The number of phosphoric acid groups is 1. The van der Waals surface area contributed by atoms with Crippen LogP contribution in [0.15, 0.2) is 12.2 Å². The third kappa shape index (κ3) is 34.6. The number of phosphoric ester groups is 1. The van der Waals surface area contributed by atoms with E-state index >= 15 is 0 Å². The summed E-state index contributed by atoms with van der Waals surface area (Å²) in [5.74, 6) is -0.843. The first-order valence-electron chi connectivity index (χ1n) is 19.4. The number of allylic oxidation sites excluding steroid dienone is 2. The van der Waals surface area contributed by atoms with Gasteiger partial charge in [0.1, 0.15) is 19.8 Å². The normalized spacial score (nSPS) is 13.9. The maximum absolute atomic E-state index is 12.6. The van der Waals surface area contributed by atoms with Gasteiger partial charge in [-0.25, -0.2) is 0 Å². The van der Waals surface area contributed by atoms with Crippen LogP contribution in [-0.4, -0.2) is 70.0 Å². The average molecular weight is 704 g/mol. The third-order valence-electron chi connectivity index (χ3n) is 8.29. The highest BCUT2D eigenvalue weighted by atomic mass is 31.2. The van der Waals surface area contributed by atoms with E-state index in [9.17, 15) is 19.0 Å². The zero-order valence-electron chi connectivity index (χ0n) is 31.7. The van der Waals surface area contributed by atoms with E-state index in [1.807, 2.05) is 21.1 Å². The van der Waals surface area contributed by atoms with Crippen molar-refractivity contribution in [3.05, 3.63) is 12.2 Å². The number of rotatable bonds is 35. The van der Waals surface area contributed by atoms with E-state index in [4.69, 9.17) is 18.5 Å². The predicted octanol–water partition coefficient (Wildman–Crippen LogP) is 9.61. The van der Waals surface area contributed by atoms with Gasteiger partial charge in [-0.1, -0.05) is 129 Å². The highest BCUT2D eigenvalue weighted by molar-refractivity contribution is 7.45. The number of likely N-dealkylation sites (N-methyl/N-ethyl adjacent to an activating group) is 1. The average Bonchev–Trinajstić information content (AvgIpc) is 3.02. The van der Waals surface area contributed by atoms with Gasteiger partial charge in [-0.2, -0.15) is 0 Å². The summed E-state index contributed by atoms with van der Waals surface area (Å²) in [5, 5.41) is 0. The summed E-state index contributed by atoms with van der Waals surface area (Å²) < 4.78 is 33.7. The van der Waals surface area contributed by atoms with E-state index in [2.05, 4.69) is 26.0 Å². The molecular formula is C38H74NO8P. The summed E-state index contributed by atoms with van der Waals surface area (Å²) in [4.78, 5) is 37.3. The maximum atomic E-state index is 12.6. The Morgan fingerprint density at radius 3 is 1.54 bits per heavy atom. The monoisotopic (exact) mass is 704 g/mol. The molecule has 0 aromatic rings. The molecule has 0 N–H and O–H groups in total. The first kappa shape index (κ1) is 46.8. The smallest absolute Gasteiger partial charge is 0.306 e. The predicted molar refractivity (Wildman–Crippen MR) is 195 cm³/mol. The number of carbonyl (C=O) groups is 2. The highest BCUT2D eigenvalue weighted by Crippen LogP contribution is 2.38. The molecule has 0 amide bonds. The molecule has 0 fully saturated rings. The molecule has 0 aliphatic heterocycles. The lowest BCUT2D eigenvalue weighted by molar-refractivity contribution is -0.870. The number of ether oxygens (including phenoxy) is 2. The van der Waals surface area contributed by atoms with Gasteiger partial charge in [0.2, 0.25) is 0 Å². The second-order valence-corrected chi connectivity index (χ2v) is 15.7. The van der Waals surface area contributed by atoms with Crippen LogP contribution < -0.4 is 4.89 Å². The van der Waals surface area contributed by atoms with Crippen molar-refractivity contribution in [2.45, 2.75) is 174 Å². The standard InChI is InChI=1S/C38H74NO8P/c1-6-8-10-12-14-16-18-19-20-21-23-24-26-28-30-37(40)44-34-36(35-46-48(42,43)45-33-32-39(3,4)5)47-38(41)31-29-27-25-22-17-15-13-11-9-7-2/h18-19,36H,6-17,20-35H2,1-5H3/b19-18-/t36-/m1/s1. The summed E-state index contributed by atoms with van der Waals surface area (Å²) in [6, 6.07) is 0. The van der Waals surface area contributed by atoms with Crippen LogP contribution in [0.2, 0.25) is 0 Å². The van der Waals surface area contributed by atoms with Gasteiger partial charge in [0.25, 0.3) is 7.82 Å². The maximum Gasteiger partial charge on any atom is 0.306 e. The zero-order chi connectivity index (χ0) is 35.8. The number of nitrogens with zero attached hydrogens (tertiary/aromatic N) is 1. The molecule has 0 aromatic heterocycles. The number of esters is 2. The Hall–Kier alpha value is -1.25. The van der Waals surface area contributed by atoms with Crippen LogP contribution in [0.1, 0.15) is 168 Å². The van der Waals surface area contributed by atoms with E-state index in [0.29, 0.717) is 17.4 Å². The lowest BCUT2D eigenvalue weighted by atomic mass is 10.1. The van der Waals surface area contributed by atoms with Crippen LogP contribution in [0.4, 0.5) is 0 Å². The van der Waals surface area contributed by atoms with E-state index in [1.54, 1.807) is 0 Å². The van der Waals surface area contributed by atoms with Crippen molar-refractivity contribution in [1.82, 2.24) is 0 Å². The number of quaternary nitrogens is 1.